The van der Waals surface area contributed by atoms with E-state index >= 15 is 0 Å². The highest BCUT2D eigenvalue weighted by atomic mass is 32.2. The van der Waals surface area contributed by atoms with Crippen LogP contribution >= 0.6 is 0 Å². The summed E-state index contributed by atoms with van der Waals surface area (Å²) >= 11 is 0. The number of amides is 1. The Bertz CT molecular complexity index is 719. The van der Waals surface area contributed by atoms with Crippen molar-refractivity contribution < 1.29 is 21.6 Å². The lowest BCUT2D eigenvalue weighted by Gasteiger charge is -2.10. The number of nitrogens with one attached hydrogen (secondary N) is 1. The molecule has 0 atom stereocenters. The minimum Gasteiger partial charge on any atom is -0.324 e. The van der Waals surface area contributed by atoms with E-state index in [1.165, 1.54) is 18.2 Å². The number of rotatable bonds is 1. The van der Waals surface area contributed by atoms with Crippen molar-refractivity contribution in [2.24, 2.45) is 0 Å². The number of fused-ring (bicyclic) bond motifs is 1. The lowest BCUT2D eigenvalue weighted by molar-refractivity contribution is -0.115. The summed E-state index contributed by atoms with van der Waals surface area (Å²) in [5.74, 6) is -0.826. The number of carbonyl (C=O) groups excluding carboxylic acids is 1. The van der Waals surface area contributed by atoms with Crippen LogP contribution in [0.4, 0.5) is 5.69 Å². The van der Waals surface area contributed by atoms with Crippen molar-refractivity contribution in [2.45, 2.75) is 16.2 Å². The Morgan fingerprint density at radius 3 is 2.56 bits per heavy atom. The van der Waals surface area contributed by atoms with Gasteiger partial charge in [0, 0.05) is 12.7 Å². The number of carbonyl (C=O) groups is 1. The predicted octanol–water partition coefficient (Wildman–Crippen LogP) is 0.206. The Hall–Kier alpha value is -1.41. The summed E-state index contributed by atoms with van der Waals surface area (Å²) in [5.41, 5.74) is -0.137. The molecule has 0 fully saturated rings. The first-order valence-electron chi connectivity index (χ1n) is 5.07. The molecule has 0 radical (unpaired) electrons. The van der Waals surface area contributed by atoms with Gasteiger partial charge in [-0.2, -0.15) is 0 Å². The van der Waals surface area contributed by atoms with E-state index in [0.29, 0.717) is 0 Å². The van der Waals surface area contributed by atoms with Gasteiger partial charge < -0.3 is 5.32 Å². The van der Waals surface area contributed by atoms with Crippen molar-refractivity contribution in [1.29, 1.82) is 0 Å². The third-order valence-corrected chi connectivity index (χ3v) is 5.48. The molecule has 0 bridgehead atoms. The van der Waals surface area contributed by atoms with E-state index in [-0.39, 0.29) is 27.7 Å². The molecule has 0 saturated carbocycles. The molecule has 2 rings (SSSR count). The van der Waals surface area contributed by atoms with Crippen LogP contribution < -0.4 is 5.32 Å². The molecular formula is C10H11NO5S2. The predicted molar refractivity (Wildman–Crippen MR) is 64.9 cm³/mol. The first-order valence-corrected chi connectivity index (χ1v) is 8.62. The van der Waals surface area contributed by atoms with E-state index in [1.54, 1.807) is 0 Å². The van der Waals surface area contributed by atoms with Crippen molar-refractivity contribution in [2.75, 3.05) is 17.3 Å². The normalized spacial score (nSPS) is 18.6. The quantitative estimate of drug-likeness (QED) is 0.796. The monoisotopic (exact) mass is 289 g/mol. The molecule has 1 aromatic carbocycles. The number of sulfone groups is 2. The summed E-state index contributed by atoms with van der Waals surface area (Å²) in [6, 6.07) is 3.92. The maximum Gasteiger partial charge on any atom is 0.225 e. The van der Waals surface area contributed by atoms with Gasteiger partial charge in [-0.15, -0.1) is 0 Å². The summed E-state index contributed by atoms with van der Waals surface area (Å²) in [6.07, 6.45) is 0.784. The van der Waals surface area contributed by atoms with E-state index in [2.05, 4.69) is 5.32 Å². The number of anilines is 1. The highest BCUT2D eigenvalue weighted by molar-refractivity contribution is 7.92. The Labute approximate surface area is 105 Å². The van der Waals surface area contributed by atoms with Crippen LogP contribution in [0.15, 0.2) is 28.0 Å². The fourth-order valence-corrected chi connectivity index (χ4v) is 4.10. The zero-order valence-corrected chi connectivity index (χ0v) is 11.1. The zero-order valence-electron chi connectivity index (χ0n) is 9.50. The van der Waals surface area contributed by atoms with Crippen LogP contribution in [0.5, 0.6) is 0 Å². The van der Waals surface area contributed by atoms with Crippen LogP contribution in [-0.4, -0.2) is 34.8 Å². The van der Waals surface area contributed by atoms with Crippen LogP contribution in [0.1, 0.15) is 6.42 Å². The Morgan fingerprint density at radius 2 is 1.94 bits per heavy atom. The number of para-hydroxylation sites is 1. The molecule has 0 aliphatic carbocycles. The molecule has 0 spiro atoms. The number of hydrogen-bond donors (Lipinski definition) is 1. The topological polar surface area (TPSA) is 97.4 Å². The summed E-state index contributed by atoms with van der Waals surface area (Å²) in [4.78, 5) is 11.1. The van der Waals surface area contributed by atoms with Gasteiger partial charge in [-0.1, -0.05) is 6.07 Å². The average molecular weight is 289 g/mol. The standard InChI is InChI=1S/C10H11NO5S2/c1-17(13,14)7-3-2-4-8-10(7)11-9(12)5-6-18(8,15)16/h2-4H,5-6H2,1H3,(H,11,12). The molecule has 0 unspecified atom stereocenters. The van der Waals surface area contributed by atoms with Gasteiger partial charge in [-0.25, -0.2) is 16.8 Å². The van der Waals surface area contributed by atoms with E-state index in [4.69, 9.17) is 0 Å². The van der Waals surface area contributed by atoms with Crippen LogP contribution in [-0.2, 0) is 24.5 Å². The first-order chi connectivity index (χ1) is 8.22. The molecule has 98 valence electrons. The molecule has 1 heterocycles. The Kier molecular flexibility index (Phi) is 2.94. The lowest BCUT2D eigenvalue weighted by Crippen LogP contribution is -2.13. The third-order valence-electron chi connectivity index (χ3n) is 2.58. The number of benzene rings is 1. The van der Waals surface area contributed by atoms with Crippen LogP contribution in [0.3, 0.4) is 0 Å². The summed E-state index contributed by atoms with van der Waals surface area (Å²) in [5, 5.41) is 2.36. The van der Waals surface area contributed by atoms with Crippen molar-refractivity contribution in [1.82, 2.24) is 0 Å². The van der Waals surface area contributed by atoms with Gasteiger partial charge in [-0.3, -0.25) is 4.79 Å². The van der Waals surface area contributed by atoms with Gasteiger partial charge in [0.1, 0.15) is 0 Å². The second-order valence-corrected chi connectivity index (χ2v) is 8.08. The summed E-state index contributed by atoms with van der Waals surface area (Å²) in [6.45, 7) is 0. The Morgan fingerprint density at radius 1 is 1.28 bits per heavy atom. The molecule has 6 nitrogen and oxygen atoms in total. The largest absolute Gasteiger partial charge is 0.324 e. The molecule has 1 N–H and O–H groups in total. The highest BCUT2D eigenvalue weighted by Crippen LogP contribution is 2.32. The smallest absolute Gasteiger partial charge is 0.225 e. The molecule has 1 aromatic rings. The van der Waals surface area contributed by atoms with E-state index in [1.807, 2.05) is 0 Å². The summed E-state index contributed by atoms with van der Waals surface area (Å²) < 4.78 is 47.0. The van der Waals surface area contributed by atoms with Crippen molar-refractivity contribution >= 4 is 31.3 Å². The van der Waals surface area contributed by atoms with Crippen LogP contribution in [0.2, 0.25) is 0 Å². The van der Waals surface area contributed by atoms with Crippen molar-refractivity contribution in [3.63, 3.8) is 0 Å². The van der Waals surface area contributed by atoms with E-state index in [9.17, 15) is 21.6 Å². The molecule has 1 aliphatic rings. The van der Waals surface area contributed by atoms with Gasteiger partial charge in [0.25, 0.3) is 0 Å². The third kappa shape index (κ3) is 2.25. The molecule has 0 saturated heterocycles. The van der Waals surface area contributed by atoms with Crippen LogP contribution in [0, 0.1) is 0 Å². The molecular weight excluding hydrogens is 278 g/mol. The Balaban J connectivity index is 2.83. The van der Waals surface area contributed by atoms with Gasteiger partial charge >= 0.3 is 0 Å². The molecule has 1 amide bonds. The summed E-state index contributed by atoms with van der Waals surface area (Å²) in [7, 11) is -7.26. The van der Waals surface area contributed by atoms with Gasteiger partial charge in [-0.05, 0) is 12.1 Å². The fourth-order valence-electron chi connectivity index (χ4n) is 1.74. The number of hydrogen-bond acceptors (Lipinski definition) is 5. The molecule has 0 aromatic heterocycles. The van der Waals surface area contributed by atoms with Gasteiger partial charge in [0.15, 0.2) is 19.7 Å². The minimum atomic E-state index is -3.64. The van der Waals surface area contributed by atoms with Crippen molar-refractivity contribution in [3.8, 4) is 0 Å². The SMILES string of the molecule is CS(=O)(=O)c1cccc2c1NC(=O)CCS2(=O)=O. The van der Waals surface area contributed by atoms with Crippen LogP contribution in [0.25, 0.3) is 0 Å². The maximum atomic E-state index is 11.9. The zero-order chi connectivity index (χ0) is 13.6. The first kappa shape index (κ1) is 13.0. The minimum absolute atomic E-state index is 0.137. The highest BCUT2D eigenvalue weighted by Gasteiger charge is 2.29. The van der Waals surface area contributed by atoms with Crippen molar-refractivity contribution in [3.05, 3.63) is 18.2 Å². The average Bonchev–Trinajstić information content (AvgIpc) is 2.35. The second-order valence-electron chi connectivity index (χ2n) is 4.02. The van der Waals surface area contributed by atoms with E-state index in [0.717, 1.165) is 6.26 Å². The fraction of sp³-hybridized carbons (Fsp3) is 0.300. The maximum absolute atomic E-state index is 11.9. The van der Waals surface area contributed by atoms with Gasteiger partial charge in [0.2, 0.25) is 5.91 Å². The van der Waals surface area contributed by atoms with Gasteiger partial charge in [0.05, 0.1) is 21.2 Å². The van der Waals surface area contributed by atoms with E-state index < -0.39 is 25.6 Å². The molecule has 1 aliphatic heterocycles. The molecule has 8 heteroatoms. The molecule has 18 heavy (non-hydrogen) atoms. The second kappa shape index (κ2) is 4.06. The lowest BCUT2D eigenvalue weighted by atomic mass is 10.3.